The number of amides is 1. The van der Waals surface area contributed by atoms with Crippen molar-refractivity contribution in [1.82, 2.24) is 9.88 Å². The van der Waals surface area contributed by atoms with Crippen LogP contribution < -0.4 is 4.74 Å². The molecule has 0 fully saturated rings. The molecular weight excluding hydrogens is 360 g/mol. The summed E-state index contributed by atoms with van der Waals surface area (Å²) < 4.78 is 10.4. The Morgan fingerprint density at radius 1 is 1.07 bits per heavy atom. The molecular formula is C21H22N2O3S. The quantitative estimate of drug-likeness (QED) is 0.588. The molecule has 0 radical (unpaired) electrons. The number of rotatable bonds is 8. The van der Waals surface area contributed by atoms with E-state index in [2.05, 4.69) is 4.98 Å². The number of methoxy groups -OCH3 is 2. The van der Waals surface area contributed by atoms with Crippen LogP contribution in [0.3, 0.4) is 0 Å². The van der Waals surface area contributed by atoms with E-state index in [-0.39, 0.29) is 5.91 Å². The van der Waals surface area contributed by atoms with Gasteiger partial charge in [0.15, 0.2) is 0 Å². The van der Waals surface area contributed by atoms with Crippen LogP contribution in [0.5, 0.6) is 5.75 Å². The zero-order chi connectivity index (χ0) is 19.1. The second-order valence-electron chi connectivity index (χ2n) is 5.97. The van der Waals surface area contributed by atoms with Crippen molar-refractivity contribution < 1.29 is 14.3 Å². The molecule has 3 aromatic rings. The lowest BCUT2D eigenvalue weighted by molar-refractivity contribution is 0.0675. The predicted molar refractivity (Wildman–Crippen MR) is 107 cm³/mol. The van der Waals surface area contributed by atoms with E-state index >= 15 is 0 Å². The predicted octanol–water partition coefficient (Wildman–Crippen LogP) is 4.11. The van der Waals surface area contributed by atoms with Gasteiger partial charge < -0.3 is 14.4 Å². The van der Waals surface area contributed by atoms with Crippen molar-refractivity contribution in [2.45, 2.75) is 6.54 Å². The van der Waals surface area contributed by atoms with Crippen molar-refractivity contribution in [3.05, 3.63) is 71.2 Å². The largest absolute Gasteiger partial charge is 0.497 e. The van der Waals surface area contributed by atoms with Gasteiger partial charge in [0, 0.05) is 31.1 Å². The van der Waals surface area contributed by atoms with Crippen molar-refractivity contribution in [2.24, 2.45) is 0 Å². The molecule has 5 nitrogen and oxygen atoms in total. The lowest BCUT2D eigenvalue weighted by Gasteiger charge is -2.21. The summed E-state index contributed by atoms with van der Waals surface area (Å²) >= 11 is 1.46. The molecule has 0 unspecified atom stereocenters. The third-order valence-corrected chi connectivity index (χ3v) is 5.02. The van der Waals surface area contributed by atoms with Gasteiger partial charge in [0.25, 0.3) is 5.91 Å². The molecule has 0 spiro atoms. The number of benzene rings is 2. The molecule has 2 aromatic carbocycles. The van der Waals surface area contributed by atoms with Crippen LogP contribution in [0.25, 0.3) is 10.6 Å². The van der Waals surface area contributed by atoms with Crippen LogP contribution >= 0.6 is 11.3 Å². The Kier molecular flexibility index (Phi) is 6.57. The Morgan fingerprint density at radius 3 is 2.48 bits per heavy atom. The normalized spacial score (nSPS) is 10.6. The molecule has 1 amide bonds. The summed E-state index contributed by atoms with van der Waals surface area (Å²) in [4.78, 5) is 19.3. The first kappa shape index (κ1) is 19.1. The second kappa shape index (κ2) is 9.30. The van der Waals surface area contributed by atoms with E-state index in [9.17, 15) is 4.79 Å². The fourth-order valence-corrected chi connectivity index (χ4v) is 3.46. The number of hydrogen-bond acceptors (Lipinski definition) is 5. The molecule has 140 valence electrons. The van der Waals surface area contributed by atoms with E-state index < -0.39 is 0 Å². The summed E-state index contributed by atoms with van der Waals surface area (Å²) in [5.74, 6) is 0.701. The van der Waals surface area contributed by atoms with Crippen LogP contribution in [-0.4, -0.2) is 43.2 Å². The lowest BCUT2D eigenvalue weighted by atomic mass is 10.2. The zero-order valence-corrected chi connectivity index (χ0v) is 16.2. The highest BCUT2D eigenvalue weighted by atomic mass is 32.1. The molecule has 0 aliphatic rings. The van der Waals surface area contributed by atoms with Gasteiger partial charge >= 0.3 is 0 Å². The van der Waals surface area contributed by atoms with Crippen molar-refractivity contribution >= 4 is 17.2 Å². The first-order chi connectivity index (χ1) is 13.2. The standard InChI is InChI=1S/C21H22N2O3S/c1-25-13-12-23(14-16-6-4-3-5-7-16)21(24)19-15-27-20(22-19)17-8-10-18(26-2)11-9-17/h3-11,15H,12-14H2,1-2H3. The van der Waals surface area contributed by atoms with E-state index in [1.54, 1.807) is 19.1 Å². The molecule has 1 heterocycles. The van der Waals surface area contributed by atoms with E-state index in [4.69, 9.17) is 9.47 Å². The van der Waals surface area contributed by atoms with Gasteiger partial charge in [-0.2, -0.15) is 0 Å². The van der Waals surface area contributed by atoms with Crippen LogP contribution in [0, 0.1) is 0 Å². The SMILES string of the molecule is COCCN(Cc1ccccc1)C(=O)c1csc(-c2ccc(OC)cc2)n1. The van der Waals surface area contributed by atoms with E-state index in [0.717, 1.165) is 21.9 Å². The summed E-state index contributed by atoms with van der Waals surface area (Å²) in [5, 5.41) is 2.62. The maximum absolute atomic E-state index is 13.0. The second-order valence-corrected chi connectivity index (χ2v) is 6.83. The minimum absolute atomic E-state index is 0.0908. The van der Waals surface area contributed by atoms with Crippen molar-refractivity contribution in [2.75, 3.05) is 27.4 Å². The zero-order valence-electron chi connectivity index (χ0n) is 15.4. The van der Waals surface area contributed by atoms with Crippen LogP contribution in [0.15, 0.2) is 60.0 Å². The molecule has 0 aliphatic heterocycles. The Labute approximate surface area is 163 Å². The average Bonchev–Trinajstić information content (AvgIpc) is 3.21. The Morgan fingerprint density at radius 2 is 1.81 bits per heavy atom. The van der Waals surface area contributed by atoms with E-state index in [1.807, 2.05) is 60.0 Å². The molecule has 0 saturated heterocycles. The number of nitrogens with zero attached hydrogens (tertiary/aromatic N) is 2. The fraction of sp³-hybridized carbons (Fsp3) is 0.238. The third-order valence-electron chi connectivity index (χ3n) is 4.13. The van der Waals surface area contributed by atoms with E-state index in [1.165, 1.54) is 11.3 Å². The maximum atomic E-state index is 13.0. The molecule has 0 aliphatic carbocycles. The molecule has 0 bridgehead atoms. The molecule has 0 N–H and O–H groups in total. The summed E-state index contributed by atoms with van der Waals surface area (Å²) in [7, 11) is 3.27. The van der Waals surface area contributed by atoms with Crippen molar-refractivity contribution in [1.29, 1.82) is 0 Å². The minimum Gasteiger partial charge on any atom is -0.497 e. The van der Waals surface area contributed by atoms with Gasteiger partial charge in [-0.1, -0.05) is 30.3 Å². The smallest absolute Gasteiger partial charge is 0.273 e. The third kappa shape index (κ3) is 4.93. The van der Waals surface area contributed by atoms with Crippen LogP contribution in [0.2, 0.25) is 0 Å². The summed E-state index contributed by atoms with van der Waals surface area (Å²) in [6, 6.07) is 17.6. The minimum atomic E-state index is -0.0908. The number of ether oxygens (including phenoxy) is 2. The summed E-state index contributed by atoms with van der Waals surface area (Å²) in [6.45, 7) is 1.52. The van der Waals surface area contributed by atoms with Gasteiger partial charge in [-0.15, -0.1) is 11.3 Å². The lowest BCUT2D eigenvalue weighted by Crippen LogP contribution is -2.33. The van der Waals surface area contributed by atoms with Crippen LogP contribution in [0.1, 0.15) is 16.1 Å². The summed E-state index contributed by atoms with van der Waals surface area (Å²) in [5.41, 5.74) is 2.50. The van der Waals surface area contributed by atoms with Crippen molar-refractivity contribution in [3.63, 3.8) is 0 Å². The molecule has 27 heavy (non-hydrogen) atoms. The monoisotopic (exact) mass is 382 g/mol. The van der Waals surface area contributed by atoms with Gasteiger partial charge in [0.05, 0.1) is 13.7 Å². The number of carbonyl (C=O) groups excluding carboxylic acids is 1. The van der Waals surface area contributed by atoms with Crippen LogP contribution in [-0.2, 0) is 11.3 Å². The highest BCUT2D eigenvalue weighted by Crippen LogP contribution is 2.26. The fourth-order valence-electron chi connectivity index (χ4n) is 2.66. The number of carbonyl (C=O) groups is 1. The number of thiazole rings is 1. The Bertz CT molecular complexity index is 863. The highest BCUT2D eigenvalue weighted by molar-refractivity contribution is 7.13. The molecule has 0 saturated carbocycles. The first-order valence-corrected chi connectivity index (χ1v) is 9.51. The number of aromatic nitrogens is 1. The summed E-state index contributed by atoms with van der Waals surface area (Å²) in [6.07, 6.45) is 0. The van der Waals surface area contributed by atoms with Gasteiger partial charge in [0.1, 0.15) is 16.5 Å². The topological polar surface area (TPSA) is 51.7 Å². The van der Waals surface area contributed by atoms with Gasteiger partial charge in [0.2, 0.25) is 0 Å². The van der Waals surface area contributed by atoms with Crippen molar-refractivity contribution in [3.8, 4) is 16.3 Å². The highest BCUT2D eigenvalue weighted by Gasteiger charge is 2.19. The van der Waals surface area contributed by atoms with Gasteiger partial charge in [-0.3, -0.25) is 4.79 Å². The van der Waals surface area contributed by atoms with Crippen LogP contribution in [0.4, 0.5) is 0 Å². The molecule has 0 atom stereocenters. The molecule has 6 heteroatoms. The maximum Gasteiger partial charge on any atom is 0.273 e. The Hall–Kier alpha value is -2.70. The van der Waals surface area contributed by atoms with Gasteiger partial charge in [-0.05, 0) is 29.8 Å². The Balaban J connectivity index is 1.77. The van der Waals surface area contributed by atoms with Gasteiger partial charge in [-0.25, -0.2) is 4.98 Å². The van der Waals surface area contributed by atoms with E-state index in [0.29, 0.717) is 25.4 Å². The molecule has 1 aromatic heterocycles. The number of hydrogen-bond donors (Lipinski definition) is 0. The average molecular weight is 382 g/mol. The molecule has 3 rings (SSSR count). The first-order valence-electron chi connectivity index (χ1n) is 8.63.